The average molecular weight is 207 g/mol. The van der Waals surface area contributed by atoms with Gasteiger partial charge in [-0.15, -0.1) is 0 Å². The van der Waals surface area contributed by atoms with Gasteiger partial charge in [0, 0.05) is 13.2 Å². The van der Waals surface area contributed by atoms with Crippen LogP contribution in [0.5, 0.6) is 0 Å². The van der Waals surface area contributed by atoms with E-state index in [0.29, 0.717) is 5.82 Å². The Bertz CT molecular complexity index is 334. The maximum Gasteiger partial charge on any atom is 0.128 e. The van der Waals surface area contributed by atoms with Gasteiger partial charge in [0.05, 0.1) is 5.60 Å². The lowest BCUT2D eigenvalue weighted by Gasteiger charge is -2.23. The van der Waals surface area contributed by atoms with Gasteiger partial charge < -0.3 is 15.8 Å². The summed E-state index contributed by atoms with van der Waals surface area (Å²) in [7, 11) is 0. The van der Waals surface area contributed by atoms with Crippen molar-refractivity contribution in [3.05, 3.63) is 18.2 Å². The number of hydrogen-bond donors (Lipinski definition) is 2. The van der Waals surface area contributed by atoms with Crippen molar-refractivity contribution in [2.75, 3.05) is 24.2 Å². The zero-order chi connectivity index (χ0) is 10.7. The van der Waals surface area contributed by atoms with Crippen molar-refractivity contribution < 1.29 is 4.74 Å². The Morgan fingerprint density at radius 3 is 3.13 bits per heavy atom. The Morgan fingerprint density at radius 1 is 1.60 bits per heavy atom. The molecule has 15 heavy (non-hydrogen) atoms. The van der Waals surface area contributed by atoms with Gasteiger partial charge in [-0.25, -0.2) is 4.98 Å². The fourth-order valence-electron chi connectivity index (χ4n) is 1.80. The molecule has 4 heteroatoms. The van der Waals surface area contributed by atoms with Crippen LogP contribution >= 0.6 is 0 Å². The van der Waals surface area contributed by atoms with Crippen LogP contribution in [0.15, 0.2) is 18.2 Å². The molecule has 4 nitrogen and oxygen atoms in total. The minimum absolute atomic E-state index is 0.0493. The summed E-state index contributed by atoms with van der Waals surface area (Å²) in [5.74, 6) is 1.35. The largest absolute Gasteiger partial charge is 0.384 e. The minimum Gasteiger partial charge on any atom is -0.384 e. The van der Waals surface area contributed by atoms with Gasteiger partial charge in [-0.1, -0.05) is 6.07 Å². The minimum atomic E-state index is -0.0493. The number of ether oxygens (including phenoxy) is 1. The Kier molecular flexibility index (Phi) is 2.77. The van der Waals surface area contributed by atoms with Crippen LogP contribution in [0.4, 0.5) is 11.6 Å². The highest BCUT2D eigenvalue weighted by atomic mass is 16.5. The van der Waals surface area contributed by atoms with Gasteiger partial charge in [0.1, 0.15) is 11.6 Å². The first-order valence-corrected chi connectivity index (χ1v) is 5.28. The van der Waals surface area contributed by atoms with E-state index in [9.17, 15) is 0 Å². The molecular formula is C11H17N3O. The molecule has 1 aromatic rings. The topological polar surface area (TPSA) is 60.2 Å². The number of hydrogen-bond acceptors (Lipinski definition) is 4. The monoisotopic (exact) mass is 207 g/mol. The highest BCUT2D eigenvalue weighted by molar-refractivity contribution is 5.42. The number of nitrogen functional groups attached to an aromatic ring is 1. The van der Waals surface area contributed by atoms with E-state index in [-0.39, 0.29) is 5.60 Å². The maximum atomic E-state index is 5.67. The van der Waals surface area contributed by atoms with Crippen LogP contribution in [0.2, 0.25) is 0 Å². The molecule has 2 rings (SSSR count). The van der Waals surface area contributed by atoms with Crippen molar-refractivity contribution in [2.45, 2.75) is 25.4 Å². The highest BCUT2D eigenvalue weighted by Gasteiger charge is 2.29. The van der Waals surface area contributed by atoms with E-state index in [4.69, 9.17) is 10.5 Å². The van der Waals surface area contributed by atoms with Gasteiger partial charge in [0.2, 0.25) is 0 Å². The number of nitrogens with two attached hydrogens (primary N) is 1. The molecule has 3 N–H and O–H groups in total. The summed E-state index contributed by atoms with van der Waals surface area (Å²) in [6.45, 7) is 3.77. The summed E-state index contributed by atoms with van der Waals surface area (Å²) >= 11 is 0. The Hall–Kier alpha value is -1.29. The van der Waals surface area contributed by atoms with Crippen LogP contribution in [-0.4, -0.2) is 23.7 Å². The third-order valence-electron chi connectivity index (χ3n) is 2.71. The number of nitrogens with zero attached hydrogens (tertiary/aromatic N) is 1. The molecule has 1 saturated heterocycles. The van der Waals surface area contributed by atoms with E-state index in [1.807, 2.05) is 12.1 Å². The van der Waals surface area contributed by atoms with E-state index < -0.39 is 0 Å². The number of anilines is 2. The molecule has 1 atom stereocenters. The molecule has 82 valence electrons. The third kappa shape index (κ3) is 2.59. The van der Waals surface area contributed by atoms with Crippen LogP contribution in [0.25, 0.3) is 0 Å². The number of nitrogens with one attached hydrogen (secondary N) is 1. The summed E-state index contributed by atoms with van der Waals surface area (Å²) in [6.07, 6.45) is 2.24. The maximum absolute atomic E-state index is 5.67. The quantitative estimate of drug-likeness (QED) is 0.791. The normalized spacial score (nSPS) is 25.4. The number of rotatable bonds is 3. The average Bonchev–Trinajstić information content (AvgIpc) is 2.63. The standard InChI is InChI=1S/C11H17N3O/c1-11(6-3-7-15-11)8-13-10-5-2-4-9(12)14-10/h2,4-5H,3,6-8H2,1H3,(H3,12,13,14). The summed E-state index contributed by atoms with van der Waals surface area (Å²) in [5.41, 5.74) is 5.54. The fraction of sp³-hybridized carbons (Fsp3) is 0.545. The molecule has 1 aliphatic rings. The van der Waals surface area contributed by atoms with E-state index in [2.05, 4.69) is 17.2 Å². The van der Waals surface area contributed by atoms with Crippen molar-refractivity contribution in [3.8, 4) is 0 Å². The first-order chi connectivity index (χ1) is 7.18. The van der Waals surface area contributed by atoms with Crippen LogP contribution < -0.4 is 11.1 Å². The van der Waals surface area contributed by atoms with Crippen molar-refractivity contribution in [1.29, 1.82) is 0 Å². The Labute approximate surface area is 89.8 Å². The number of pyridine rings is 1. The molecule has 0 saturated carbocycles. The lowest BCUT2D eigenvalue weighted by Crippen LogP contribution is -2.32. The highest BCUT2D eigenvalue weighted by Crippen LogP contribution is 2.25. The summed E-state index contributed by atoms with van der Waals surface area (Å²) in [6, 6.07) is 5.58. The molecule has 1 fully saturated rings. The lowest BCUT2D eigenvalue weighted by molar-refractivity contribution is 0.0315. The van der Waals surface area contributed by atoms with Gasteiger partial charge in [-0.3, -0.25) is 0 Å². The molecule has 2 heterocycles. The summed E-state index contributed by atoms with van der Waals surface area (Å²) < 4.78 is 5.67. The van der Waals surface area contributed by atoms with Crippen molar-refractivity contribution in [2.24, 2.45) is 0 Å². The van der Waals surface area contributed by atoms with Crippen LogP contribution in [0.3, 0.4) is 0 Å². The van der Waals surface area contributed by atoms with Crippen molar-refractivity contribution in [3.63, 3.8) is 0 Å². The van der Waals surface area contributed by atoms with Gasteiger partial charge in [0.15, 0.2) is 0 Å². The predicted octanol–water partition coefficient (Wildman–Crippen LogP) is 1.64. The second-order valence-corrected chi connectivity index (χ2v) is 4.20. The molecule has 0 spiro atoms. The molecule has 0 amide bonds. The molecular weight excluding hydrogens is 190 g/mol. The Balaban J connectivity index is 1.92. The van der Waals surface area contributed by atoms with Gasteiger partial charge in [-0.05, 0) is 31.9 Å². The van der Waals surface area contributed by atoms with Gasteiger partial charge in [0.25, 0.3) is 0 Å². The Morgan fingerprint density at radius 2 is 2.47 bits per heavy atom. The predicted molar refractivity (Wildman–Crippen MR) is 60.7 cm³/mol. The van der Waals surface area contributed by atoms with Crippen molar-refractivity contribution >= 4 is 11.6 Å². The molecule has 0 bridgehead atoms. The first kappa shape index (κ1) is 10.2. The van der Waals surface area contributed by atoms with E-state index >= 15 is 0 Å². The molecule has 1 aromatic heterocycles. The molecule has 0 radical (unpaired) electrons. The van der Waals surface area contributed by atoms with Crippen LogP contribution in [0, 0.1) is 0 Å². The van der Waals surface area contributed by atoms with Crippen molar-refractivity contribution in [1.82, 2.24) is 4.98 Å². The number of aromatic nitrogens is 1. The van der Waals surface area contributed by atoms with E-state index in [0.717, 1.165) is 31.8 Å². The summed E-state index contributed by atoms with van der Waals surface area (Å²) in [4.78, 5) is 4.18. The first-order valence-electron chi connectivity index (χ1n) is 5.28. The van der Waals surface area contributed by atoms with Crippen LogP contribution in [-0.2, 0) is 4.74 Å². The molecule has 1 aliphatic heterocycles. The lowest BCUT2D eigenvalue weighted by atomic mass is 10.0. The molecule has 0 aromatic carbocycles. The zero-order valence-electron chi connectivity index (χ0n) is 8.99. The molecule has 0 aliphatic carbocycles. The van der Waals surface area contributed by atoms with E-state index in [1.54, 1.807) is 6.07 Å². The summed E-state index contributed by atoms with van der Waals surface area (Å²) in [5, 5.41) is 3.25. The van der Waals surface area contributed by atoms with Crippen LogP contribution in [0.1, 0.15) is 19.8 Å². The van der Waals surface area contributed by atoms with Gasteiger partial charge in [-0.2, -0.15) is 0 Å². The van der Waals surface area contributed by atoms with E-state index in [1.165, 1.54) is 0 Å². The molecule has 1 unspecified atom stereocenters. The van der Waals surface area contributed by atoms with Gasteiger partial charge >= 0.3 is 0 Å². The zero-order valence-corrected chi connectivity index (χ0v) is 8.99. The second kappa shape index (κ2) is 4.06. The second-order valence-electron chi connectivity index (χ2n) is 4.20. The fourth-order valence-corrected chi connectivity index (χ4v) is 1.80. The SMILES string of the molecule is CC1(CNc2cccc(N)n2)CCCO1. The third-order valence-corrected chi connectivity index (χ3v) is 2.71. The smallest absolute Gasteiger partial charge is 0.128 e.